The van der Waals surface area contributed by atoms with Gasteiger partial charge in [-0.1, -0.05) is 24.3 Å². The number of hydrogen-bond donors (Lipinski definition) is 2. The van der Waals surface area contributed by atoms with Gasteiger partial charge in [-0.15, -0.1) is 11.3 Å². The van der Waals surface area contributed by atoms with Crippen LogP contribution in [0.4, 0.5) is 5.13 Å². The Morgan fingerprint density at radius 2 is 1.73 bits per heavy atom. The van der Waals surface area contributed by atoms with Gasteiger partial charge in [0.25, 0.3) is 11.8 Å². The first-order chi connectivity index (χ1) is 18.0. The van der Waals surface area contributed by atoms with E-state index in [0.717, 1.165) is 41.6 Å². The third-order valence-electron chi connectivity index (χ3n) is 6.67. The summed E-state index contributed by atoms with van der Waals surface area (Å²) in [6.07, 6.45) is 6.48. The van der Waals surface area contributed by atoms with Crippen molar-refractivity contribution in [2.75, 3.05) is 19.4 Å². The van der Waals surface area contributed by atoms with E-state index in [0.29, 0.717) is 28.8 Å². The van der Waals surface area contributed by atoms with Gasteiger partial charge in [-0.25, -0.2) is 4.98 Å². The van der Waals surface area contributed by atoms with Gasteiger partial charge in [-0.3, -0.25) is 19.9 Å². The number of carbonyl (C=O) groups is 2. The smallest absolute Gasteiger partial charge is 0.257 e. The monoisotopic (exact) mass is 511 g/mol. The highest BCUT2D eigenvalue weighted by molar-refractivity contribution is 7.15. The summed E-state index contributed by atoms with van der Waals surface area (Å²) < 4.78 is 0. The summed E-state index contributed by atoms with van der Waals surface area (Å²) in [4.78, 5) is 37.8. The molecule has 2 aromatic carbocycles. The Hall–Kier alpha value is -3.88. The van der Waals surface area contributed by atoms with Crippen LogP contribution in [0, 0.1) is 0 Å². The SMILES string of the molecule is CN(C)[C@H]1CCc2nc(NC(=O)c3cccc(CNC(=O)c4ccc(-c5ccncc5)cc4)c3)sc2C1. The van der Waals surface area contributed by atoms with Gasteiger partial charge < -0.3 is 10.2 Å². The number of likely N-dealkylation sites (N-methyl/N-ethyl adjacent to an activating group) is 1. The number of benzene rings is 2. The zero-order valence-corrected chi connectivity index (χ0v) is 21.7. The maximum absolute atomic E-state index is 12.9. The Morgan fingerprint density at radius 3 is 2.49 bits per heavy atom. The van der Waals surface area contributed by atoms with E-state index in [1.165, 1.54) is 4.88 Å². The van der Waals surface area contributed by atoms with Gasteiger partial charge in [-0.2, -0.15) is 0 Å². The van der Waals surface area contributed by atoms with E-state index < -0.39 is 0 Å². The zero-order valence-electron chi connectivity index (χ0n) is 20.9. The molecule has 188 valence electrons. The van der Waals surface area contributed by atoms with Gasteiger partial charge in [0.2, 0.25) is 0 Å². The molecule has 0 saturated carbocycles. The van der Waals surface area contributed by atoms with Crippen LogP contribution in [0.15, 0.2) is 73.1 Å². The van der Waals surface area contributed by atoms with Gasteiger partial charge in [-0.05, 0) is 86.4 Å². The normalized spacial score (nSPS) is 14.7. The van der Waals surface area contributed by atoms with Gasteiger partial charge >= 0.3 is 0 Å². The Balaban J connectivity index is 1.18. The summed E-state index contributed by atoms with van der Waals surface area (Å²) >= 11 is 1.57. The summed E-state index contributed by atoms with van der Waals surface area (Å²) in [5.41, 5.74) is 5.14. The molecule has 1 atom stereocenters. The van der Waals surface area contributed by atoms with E-state index in [4.69, 9.17) is 0 Å². The van der Waals surface area contributed by atoms with E-state index in [1.54, 1.807) is 35.9 Å². The van der Waals surface area contributed by atoms with Crippen LogP contribution in [0.5, 0.6) is 0 Å². The van der Waals surface area contributed by atoms with Crippen molar-refractivity contribution in [3.05, 3.63) is 100 Å². The number of aryl methyl sites for hydroxylation is 1. The fraction of sp³-hybridized carbons (Fsp3) is 0.241. The second-order valence-electron chi connectivity index (χ2n) is 9.40. The van der Waals surface area contributed by atoms with Crippen molar-refractivity contribution >= 4 is 28.3 Å². The van der Waals surface area contributed by atoms with Crippen LogP contribution in [-0.4, -0.2) is 46.8 Å². The minimum absolute atomic E-state index is 0.166. The Morgan fingerprint density at radius 1 is 0.973 bits per heavy atom. The molecule has 2 heterocycles. The third-order valence-corrected chi connectivity index (χ3v) is 7.70. The van der Waals surface area contributed by atoms with E-state index in [1.807, 2.05) is 48.5 Å². The van der Waals surface area contributed by atoms with E-state index in [9.17, 15) is 9.59 Å². The van der Waals surface area contributed by atoms with Crippen molar-refractivity contribution < 1.29 is 9.59 Å². The summed E-state index contributed by atoms with van der Waals surface area (Å²) in [6.45, 7) is 0.323. The van der Waals surface area contributed by atoms with Crippen molar-refractivity contribution in [3.8, 4) is 11.1 Å². The molecule has 0 aliphatic heterocycles. The molecule has 0 radical (unpaired) electrons. The molecule has 1 aliphatic rings. The fourth-order valence-corrected chi connectivity index (χ4v) is 5.56. The number of anilines is 1. The number of pyridine rings is 1. The minimum Gasteiger partial charge on any atom is -0.348 e. The number of thiazole rings is 1. The molecule has 2 amide bonds. The second-order valence-corrected chi connectivity index (χ2v) is 10.5. The first kappa shape index (κ1) is 24.8. The van der Waals surface area contributed by atoms with Gasteiger partial charge in [0.15, 0.2) is 5.13 Å². The van der Waals surface area contributed by atoms with E-state index >= 15 is 0 Å². The van der Waals surface area contributed by atoms with Crippen molar-refractivity contribution in [2.24, 2.45) is 0 Å². The first-order valence-electron chi connectivity index (χ1n) is 12.3. The molecule has 0 spiro atoms. The maximum Gasteiger partial charge on any atom is 0.257 e. The largest absolute Gasteiger partial charge is 0.348 e. The average molecular weight is 512 g/mol. The molecule has 0 unspecified atom stereocenters. The molecular formula is C29H29N5O2S. The lowest BCUT2D eigenvalue weighted by Crippen LogP contribution is -2.32. The average Bonchev–Trinajstić information content (AvgIpc) is 3.34. The minimum atomic E-state index is -0.199. The van der Waals surface area contributed by atoms with Gasteiger partial charge in [0, 0.05) is 41.0 Å². The zero-order chi connectivity index (χ0) is 25.8. The molecule has 8 heteroatoms. The van der Waals surface area contributed by atoms with Gasteiger partial charge in [0.1, 0.15) is 0 Å². The standard InChI is InChI=1S/C29H29N5O2S/c1-34(2)24-10-11-25-26(17-24)37-29(32-25)33-28(36)23-5-3-4-19(16-23)18-31-27(35)22-8-6-20(7-9-22)21-12-14-30-15-13-21/h3-9,12-16,24H,10-11,17-18H2,1-2H3,(H,31,35)(H,32,33,36)/t24-/m0/s1. The van der Waals surface area contributed by atoms with Crippen molar-refractivity contribution in [2.45, 2.75) is 31.8 Å². The summed E-state index contributed by atoms with van der Waals surface area (Å²) in [6, 6.07) is 19.1. The lowest BCUT2D eigenvalue weighted by Gasteiger charge is -2.27. The van der Waals surface area contributed by atoms with Crippen molar-refractivity contribution in [3.63, 3.8) is 0 Å². The van der Waals surface area contributed by atoms with Crippen LogP contribution in [0.2, 0.25) is 0 Å². The van der Waals surface area contributed by atoms with Crippen LogP contribution in [0.25, 0.3) is 11.1 Å². The van der Waals surface area contributed by atoms with E-state index in [-0.39, 0.29) is 11.8 Å². The molecule has 2 N–H and O–H groups in total. The van der Waals surface area contributed by atoms with Crippen LogP contribution >= 0.6 is 11.3 Å². The van der Waals surface area contributed by atoms with Crippen LogP contribution in [0.1, 0.15) is 43.3 Å². The molecule has 4 aromatic rings. The fourth-order valence-electron chi connectivity index (χ4n) is 4.49. The molecule has 37 heavy (non-hydrogen) atoms. The van der Waals surface area contributed by atoms with Gasteiger partial charge in [0.05, 0.1) is 5.69 Å². The number of fused-ring (bicyclic) bond motifs is 1. The number of nitrogens with zero attached hydrogens (tertiary/aromatic N) is 3. The summed E-state index contributed by atoms with van der Waals surface area (Å²) in [5, 5.41) is 6.54. The van der Waals surface area contributed by atoms with E-state index in [2.05, 4.69) is 39.6 Å². The predicted octanol–water partition coefficient (Wildman–Crippen LogP) is 4.81. The number of amides is 2. The van der Waals surface area contributed by atoms with Crippen LogP contribution in [0.3, 0.4) is 0 Å². The molecule has 2 aromatic heterocycles. The first-order valence-corrected chi connectivity index (χ1v) is 13.1. The number of nitrogens with one attached hydrogen (secondary N) is 2. The topological polar surface area (TPSA) is 87.2 Å². The predicted molar refractivity (Wildman–Crippen MR) is 147 cm³/mol. The Kier molecular flexibility index (Phi) is 7.39. The Labute approximate surface area is 220 Å². The molecule has 7 nitrogen and oxygen atoms in total. The van der Waals surface area contributed by atoms with Crippen molar-refractivity contribution in [1.82, 2.24) is 20.2 Å². The number of hydrogen-bond acceptors (Lipinski definition) is 6. The highest BCUT2D eigenvalue weighted by Gasteiger charge is 2.24. The molecule has 5 rings (SSSR count). The third kappa shape index (κ3) is 5.93. The van der Waals surface area contributed by atoms with Crippen molar-refractivity contribution in [1.29, 1.82) is 0 Å². The van der Waals surface area contributed by atoms with Crippen LogP contribution in [-0.2, 0) is 19.4 Å². The quantitative estimate of drug-likeness (QED) is 0.372. The van der Waals surface area contributed by atoms with Crippen LogP contribution < -0.4 is 10.6 Å². The Bertz CT molecular complexity index is 1400. The lowest BCUT2D eigenvalue weighted by molar-refractivity contribution is 0.0950. The highest BCUT2D eigenvalue weighted by Crippen LogP contribution is 2.31. The molecule has 0 bridgehead atoms. The second kappa shape index (κ2) is 11.0. The number of carbonyl (C=O) groups excluding carboxylic acids is 2. The maximum atomic E-state index is 12.9. The molecule has 0 saturated heterocycles. The molecule has 1 aliphatic carbocycles. The molecular weight excluding hydrogens is 482 g/mol. The number of rotatable bonds is 7. The molecule has 0 fully saturated rings. The highest BCUT2D eigenvalue weighted by atomic mass is 32.1. The summed E-state index contributed by atoms with van der Waals surface area (Å²) in [7, 11) is 4.21. The lowest BCUT2D eigenvalue weighted by atomic mass is 9.97. The summed E-state index contributed by atoms with van der Waals surface area (Å²) in [5.74, 6) is -0.365. The number of aromatic nitrogens is 2.